The van der Waals surface area contributed by atoms with Gasteiger partial charge in [0.2, 0.25) is 5.78 Å². The number of ketones is 1. The Kier molecular flexibility index (Phi) is 5.48. The molecule has 128 valence electrons. The minimum atomic E-state index is -4.44. The molecule has 0 saturated heterocycles. The Hall–Kier alpha value is -2.09. The molecule has 4 nitrogen and oxygen atoms in total. The Morgan fingerprint density at radius 2 is 1.83 bits per heavy atom. The standard InChI is InChI=1S/C16H13BrF3NO3/c1-21(9-10-3-2-4-11(7-10)16(18,19)20)15(23)14-6-5-13(24-14)12(22)8-17/h2-7H,8-9H2,1H3. The lowest BCUT2D eigenvalue weighted by molar-refractivity contribution is -0.137. The highest BCUT2D eigenvalue weighted by molar-refractivity contribution is 9.09. The van der Waals surface area contributed by atoms with Crippen LogP contribution in [0.5, 0.6) is 0 Å². The molecule has 0 fully saturated rings. The fraction of sp³-hybridized carbons (Fsp3) is 0.250. The van der Waals surface area contributed by atoms with Gasteiger partial charge >= 0.3 is 6.18 Å². The molecule has 0 aliphatic carbocycles. The molecule has 1 heterocycles. The van der Waals surface area contributed by atoms with Gasteiger partial charge in [0.05, 0.1) is 10.9 Å². The van der Waals surface area contributed by atoms with E-state index < -0.39 is 17.6 Å². The summed E-state index contributed by atoms with van der Waals surface area (Å²) in [6.07, 6.45) is -4.44. The number of hydrogen-bond donors (Lipinski definition) is 0. The second kappa shape index (κ2) is 7.21. The molecule has 0 atom stereocenters. The molecule has 0 bridgehead atoms. The molecular weight excluding hydrogens is 391 g/mol. The number of Topliss-reactive ketones (excluding diaryl/α,β-unsaturated/α-hetero) is 1. The van der Waals surface area contributed by atoms with Crippen LogP contribution in [0.1, 0.15) is 32.2 Å². The summed E-state index contributed by atoms with van der Waals surface area (Å²) in [7, 11) is 1.44. The number of nitrogens with zero attached hydrogens (tertiary/aromatic N) is 1. The molecule has 1 amide bonds. The van der Waals surface area contributed by atoms with Crippen LogP contribution in [0.3, 0.4) is 0 Å². The van der Waals surface area contributed by atoms with E-state index in [1.807, 2.05) is 0 Å². The highest BCUT2D eigenvalue weighted by Gasteiger charge is 2.30. The summed E-state index contributed by atoms with van der Waals surface area (Å²) < 4.78 is 43.3. The van der Waals surface area contributed by atoms with E-state index >= 15 is 0 Å². The molecule has 0 spiro atoms. The first kappa shape index (κ1) is 18.3. The molecule has 0 saturated carbocycles. The second-order valence-electron chi connectivity index (χ2n) is 5.08. The van der Waals surface area contributed by atoms with Crippen LogP contribution >= 0.6 is 15.9 Å². The molecule has 1 aromatic carbocycles. The Morgan fingerprint density at radius 1 is 1.17 bits per heavy atom. The molecule has 1 aromatic heterocycles. The first-order chi connectivity index (χ1) is 11.2. The van der Waals surface area contributed by atoms with E-state index in [0.717, 1.165) is 12.1 Å². The van der Waals surface area contributed by atoms with Crippen LogP contribution in [0.15, 0.2) is 40.8 Å². The lowest BCUT2D eigenvalue weighted by Gasteiger charge is -2.17. The van der Waals surface area contributed by atoms with Gasteiger partial charge in [0.25, 0.3) is 5.91 Å². The van der Waals surface area contributed by atoms with Gasteiger partial charge in [-0.25, -0.2) is 0 Å². The highest BCUT2D eigenvalue weighted by atomic mass is 79.9. The molecule has 0 N–H and O–H groups in total. The molecule has 0 unspecified atom stereocenters. The number of alkyl halides is 4. The average Bonchev–Trinajstić information content (AvgIpc) is 3.02. The predicted octanol–water partition coefficient (Wildman–Crippen LogP) is 4.15. The van der Waals surface area contributed by atoms with Crippen molar-refractivity contribution in [2.45, 2.75) is 12.7 Å². The zero-order valence-corrected chi connectivity index (χ0v) is 14.1. The van der Waals surface area contributed by atoms with Gasteiger partial charge in [-0.15, -0.1) is 0 Å². The van der Waals surface area contributed by atoms with Gasteiger partial charge in [0, 0.05) is 13.6 Å². The first-order valence-electron chi connectivity index (χ1n) is 6.83. The topological polar surface area (TPSA) is 50.5 Å². The van der Waals surface area contributed by atoms with E-state index in [1.54, 1.807) is 0 Å². The largest absolute Gasteiger partial charge is 0.448 e. The Bertz CT molecular complexity index is 755. The maximum absolute atomic E-state index is 12.7. The zero-order valence-electron chi connectivity index (χ0n) is 12.6. The average molecular weight is 404 g/mol. The first-order valence-corrected chi connectivity index (χ1v) is 7.95. The fourth-order valence-corrected chi connectivity index (χ4v) is 2.32. The van der Waals surface area contributed by atoms with Gasteiger partial charge in [-0.1, -0.05) is 28.1 Å². The van der Waals surface area contributed by atoms with Gasteiger partial charge < -0.3 is 9.32 Å². The van der Waals surface area contributed by atoms with Crippen LogP contribution in [-0.4, -0.2) is 29.0 Å². The van der Waals surface area contributed by atoms with Gasteiger partial charge in [-0.3, -0.25) is 9.59 Å². The van der Waals surface area contributed by atoms with Crippen molar-refractivity contribution < 1.29 is 27.2 Å². The van der Waals surface area contributed by atoms with Crippen LogP contribution in [0.2, 0.25) is 0 Å². The Labute approximate surface area is 144 Å². The normalized spacial score (nSPS) is 11.4. The molecule has 8 heteroatoms. The van der Waals surface area contributed by atoms with Crippen molar-refractivity contribution in [1.82, 2.24) is 4.90 Å². The number of rotatable bonds is 5. The molecule has 24 heavy (non-hydrogen) atoms. The quantitative estimate of drug-likeness (QED) is 0.556. The smallest absolute Gasteiger partial charge is 0.416 e. The number of carbonyl (C=O) groups is 2. The second-order valence-corrected chi connectivity index (χ2v) is 5.64. The van der Waals surface area contributed by atoms with Gasteiger partial charge in [-0.05, 0) is 29.8 Å². The number of amides is 1. The van der Waals surface area contributed by atoms with E-state index in [-0.39, 0.29) is 29.2 Å². The van der Waals surface area contributed by atoms with Crippen LogP contribution < -0.4 is 0 Å². The number of furan rings is 1. The van der Waals surface area contributed by atoms with E-state index in [9.17, 15) is 22.8 Å². The van der Waals surface area contributed by atoms with E-state index in [4.69, 9.17) is 4.42 Å². The van der Waals surface area contributed by atoms with Gasteiger partial charge in [0.1, 0.15) is 0 Å². The Morgan fingerprint density at radius 3 is 2.46 bits per heavy atom. The lowest BCUT2D eigenvalue weighted by Crippen LogP contribution is -2.26. The number of hydrogen-bond acceptors (Lipinski definition) is 3. The number of halogens is 4. The van der Waals surface area contributed by atoms with Crippen LogP contribution in [0, 0.1) is 0 Å². The van der Waals surface area contributed by atoms with Crippen molar-refractivity contribution in [3.8, 4) is 0 Å². The van der Waals surface area contributed by atoms with Crippen molar-refractivity contribution in [1.29, 1.82) is 0 Å². The third-order valence-corrected chi connectivity index (χ3v) is 3.74. The number of benzene rings is 1. The summed E-state index contributed by atoms with van der Waals surface area (Å²) in [5.41, 5.74) is -0.437. The molecule has 0 aliphatic heterocycles. The maximum atomic E-state index is 12.7. The lowest BCUT2D eigenvalue weighted by atomic mass is 10.1. The maximum Gasteiger partial charge on any atom is 0.416 e. The molecular formula is C16H13BrF3NO3. The Balaban J connectivity index is 2.12. The van der Waals surface area contributed by atoms with E-state index in [2.05, 4.69) is 15.9 Å². The molecule has 0 radical (unpaired) electrons. The van der Waals surface area contributed by atoms with Gasteiger partial charge in [-0.2, -0.15) is 13.2 Å². The van der Waals surface area contributed by atoms with Crippen molar-refractivity contribution in [3.63, 3.8) is 0 Å². The van der Waals surface area contributed by atoms with Crippen LogP contribution in [0.4, 0.5) is 13.2 Å². The highest BCUT2D eigenvalue weighted by Crippen LogP contribution is 2.29. The summed E-state index contributed by atoms with van der Waals surface area (Å²) in [5.74, 6) is -0.841. The third kappa shape index (κ3) is 4.25. The van der Waals surface area contributed by atoms with Gasteiger partial charge in [0.15, 0.2) is 11.5 Å². The SMILES string of the molecule is CN(Cc1cccc(C(F)(F)F)c1)C(=O)c1ccc(C(=O)CBr)o1. The van der Waals surface area contributed by atoms with Crippen molar-refractivity contribution in [2.75, 3.05) is 12.4 Å². The fourth-order valence-electron chi connectivity index (χ4n) is 2.05. The van der Waals surface area contributed by atoms with Crippen LogP contribution in [-0.2, 0) is 12.7 Å². The predicted molar refractivity (Wildman–Crippen MR) is 84.1 cm³/mol. The van der Waals surface area contributed by atoms with Crippen LogP contribution in [0.25, 0.3) is 0 Å². The summed E-state index contributed by atoms with van der Waals surface area (Å²) in [6.45, 7) is -0.0226. The van der Waals surface area contributed by atoms with E-state index in [0.29, 0.717) is 5.56 Å². The summed E-state index contributed by atoms with van der Waals surface area (Å²) >= 11 is 3.00. The monoisotopic (exact) mass is 403 g/mol. The van der Waals surface area contributed by atoms with E-state index in [1.165, 1.54) is 36.2 Å². The third-order valence-electron chi connectivity index (χ3n) is 3.23. The van der Waals surface area contributed by atoms with Crippen molar-refractivity contribution in [2.24, 2.45) is 0 Å². The molecule has 2 aromatic rings. The molecule has 0 aliphatic rings. The zero-order chi connectivity index (χ0) is 17.9. The summed E-state index contributed by atoms with van der Waals surface area (Å²) in [6, 6.07) is 7.49. The van der Waals surface area contributed by atoms with Crippen molar-refractivity contribution >= 4 is 27.6 Å². The minimum Gasteiger partial charge on any atom is -0.448 e. The number of carbonyl (C=O) groups excluding carboxylic acids is 2. The molecule has 2 rings (SSSR count). The van der Waals surface area contributed by atoms with Crippen molar-refractivity contribution in [3.05, 3.63) is 59.0 Å². The minimum absolute atomic E-state index is 0.0226. The summed E-state index contributed by atoms with van der Waals surface area (Å²) in [5, 5.41) is 0.0637. The summed E-state index contributed by atoms with van der Waals surface area (Å²) in [4.78, 5) is 24.9.